The van der Waals surface area contributed by atoms with Gasteiger partial charge in [-0.05, 0) is 18.8 Å². The van der Waals surface area contributed by atoms with Crippen LogP contribution in [0.1, 0.15) is 26.7 Å². The van der Waals surface area contributed by atoms with E-state index in [0.29, 0.717) is 0 Å². The molecule has 0 amide bonds. The minimum Gasteiger partial charge on any atom is -0.0863 e. The Morgan fingerprint density at radius 1 is 1.33 bits per heavy atom. The van der Waals surface area contributed by atoms with Crippen molar-refractivity contribution in [3.63, 3.8) is 0 Å². The summed E-state index contributed by atoms with van der Waals surface area (Å²) in [4.78, 5) is 0. The molecule has 0 radical (unpaired) electrons. The summed E-state index contributed by atoms with van der Waals surface area (Å²) in [6, 6.07) is 0. The van der Waals surface area contributed by atoms with Gasteiger partial charge in [-0.25, -0.2) is 0 Å². The summed E-state index contributed by atoms with van der Waals surface area (Å²) in [5.41, 5.74) is 0. The number of alkyl halides is 2. The molecule has 0 aliphatic carbocycles. The monoisotopic (exact) mass is 352 g/mol. The molecule has 2 heteroatoms. The van der Waals surface area contributed by atoms with Crippen molar-refractivity contribution in [1.82, 2.24) is 0 Å². The molecule has 0 aromatic carbocycles. The molecule has 0 aliphatic heterocycles. The molecule has 0 saturated heterocycles. The van der Waals surface area contributed by atoms with Crippen LogP contribution in [0.4, 0.5) is 0 Å². The third kappa shape index (κ3) is 7.36. The molecule has 0 N–H and O–H groups in total. The third-order valence-corrected chi connectivity index (χ3v) is 2.90. The van der Waals surface area contributed by atoms with E-state index in [9.17, 15) is 0 Å². The van der Waals surface area contributed by atoms with Crippen molar-refractivity contribution >= 4 is 45.2 Å². The van der Waals surface area contributed by atoms with Crippen LogP contribution in [0.15, 0.2) is 0 Å². The highest BCUT2D eigenvalue weighted by Gasteiger charge is 2.04. The van der Waals surface area contributed by atoms with E-state index in [-0.39, 0.29) is 0 Å². The summed E-state index contributed by atoms with van der Waals surface area (Å²) < 4.78 is 2.21. The van der Waals surface area contributed by atoms with Gasteiger partial charge in [0.05, 0.1) is 0 Å². The highest BCUT2D eigenvalue weighted by molar-refractivity contribution is 14.1. The molecule has 0 spiro atoms. The molecule has 0 heterocycles. The molecule has 1 unspecified atom stereocenters. The lowest BCUT2D eigenvalue weighted by molar-refractivity contribution is 0.574. The maximum absolute atomic E-state index is 2.55. The zero-order valence-electron chi connectivity index (χ0n) is 6.03. The molecule has 0 aromatic heterocycles. The molecule has 56 valence electrons. The summed E-state index contributed by atoms with van der Waals surface area (Å²) in [5.74, 6) is 0.870. The molecule has 0 aromatic rings. The third-order valence-electron chi connectivity index (χ3n) is 1.15. The van der Waals surface area contributed by atoms with Crippen molar-refractivity contribution in [2.75, 3.05) is 4.43 Å². The van der Waals surface area contributed by atoms with Crippen LogP contribution < -0.4 is 0 Å². The molecule has 1 atom stereocenters. The lowest BCUT2D eigenvalue weighted by Gasteiger charge is -2.09. The standard InChI is InChI=1S/C7H14I2/c1-6(2)5-7(9)3-4-8/h6-7H,3-5H2,1-2H3. The second-order valence-corrected chi connectivity index (χ2v) is 5.54. The van der Waals surface area contributed by atoms with Crippen LogP contribution in [0.25, 0.3) is 0 Å². The first-order valence-electron chi connectivity index (χ1n) is 3.36. The van der Waals surface area contributed by atoms with E-state index in [0.717, 1.165) is 9.84 Å². The van der Waals surface area contributed by atoms with Gasteiger partial charge >= 0.3 is 0 Å². The zero-order chi connectivity index (χ0) is 7.28. The van der Waals surface area contributed by atoms with E-state index in [2.05, 4.69) is 59.0 Å². The predicted octanol–water partition coefficient (Wildman–Crippen LogP) is 3.66. The Balaban J connectivity index is 3.15. The fraction of sp³-hybridized carbons (Fsp3) is 1.00. The smallest absolute Gasteiger partial charge is 0.0119 e. The van der Waals surface area contributed by atoms with Gasteiger partial charge in [0.2, 0.25) is 0 Å². The maximum atomic E-state index is 2.55. The minimum atomic E-state index is 0.870. The fourth-order valence-corrected chi connectivity index (χ4v) is 4.02. The van der Waals surface area contributed by atoms with Gasteiger partial charge in [-0.3, -0.25) is 0 Å². The molecule has 0 aliphatic rings. The van der Waals surface area contributed by atoms with E-state index < -0.39 is 0 Å². The van der Waals surface area contributed by atoms with Crippen molar-refractivity contribution in [2.24, 2.45) is 5.92 Å². The Morgan fingerprint density at radius 2 is 1.89 bits per heavy atom. The van der Waals surface area contributed by atoms with Gasteiger partial charge < -0.3 is 0 Å². The van der Waals surface area contributed by atoms with Crippen LogP contribution in [0.3, 0.4) is 0 Å². The molecular weight excluding hydrogens is 338 g/mol. The van der Waals surface area contributed by atoms with Crippen LogP contribution in [0.5, 0.6) is 0 Å². The molecule has 9 heavy (non-hydrogen) atoms. The van der Waals surface area contributed by atoms with Crippen LogP contribution >= 0.6 is 45.2 Å². The summed E-state index contributed by atoms with van der Waals surface area (Å²) in [6.45, 7) is 4.58. The van der Waals surface area contributed by atoms with Gasteiger partial charge in [-0.2, -0.15) is 0 Å². The minimum absolute atomic E-state index is 0.870. The molecular formula is C7H14I2. The van der Waals surface area contributed by atoms with Crippen LogP contribution in [0.2, 0.25) is 0 Å². The van der Waals surface area contributed by atoms with E-state index in [1.54, 1.807) is 0 Å². The summed E-state index contributed by atoms with van der Waals surface area (Å²) in [7, 11) is 0. The number of rotatable bonds is 4. The van der Waals surface area contributed by atoms with Crippen LogP contribution in [-0.4, -0.2) is 8.35 Å². The van der Waals surface area contributed by atoms with E-state index in [1.807, 2.05) is 0 Å². The second-order valence-electron chi connectivity index (χ2n) is 2.70. The topological polar surface area (TPSA) is 0 Å². The molecule has 0 saturated carbocycles. The van der Waals surface area contributed by atoms with Gasteiger partial charge in [0.15, 0.2) is 0 Å². The highest BCUT2D eigenvalue weighted by Crippen LogP contribution is 2.17. The largest absolute Gasteiger partial charge is 0.0863 e. The van der Waals surface area contributed by atoms with Crippen LogP contribution in [0, 0.1) is 5.92 Å². The summed E-state index contributed by atoms with van der Waals surface area (Å²) in [6.07, 6.45) is 2.75. The Morgan fingerprint density at radius 3 is 2.22 bits per heavy atom. The second kappa shape index (κ2) is 6.19. The Hall–Kier alpha value is 1.46. The Bertz CT molecular complexity index is 61.9. The zero-order valence-corrected chi connectivity index (χ0v) is 10.3. The molecule has 0 bridgehead atoms. The first kappa shape index (κ1) is 10.5. The fourth-order valence-electron chi connectivity index (χ4n) is 0.748. The first-order chi connectivity index (χ1) is 4.16. The number of hydrogen-bond donors (Lipinski definition) is 0. The van der Waals surface area contributed by atoms with E-state index >= 15 is 0 Å². The van der Waals surface area contributed by atoms with Crippen molar-refractivity contribution in [3.8, 4) is 0 Å². The molecule has 0 nitrogen and oxygen atoms in total. The lowest BCUT2D eigenvalue weighted by atomic mass is 10.1. The van der Waals surface area contributed by atoms with E-state index in [4.69, 9.17) is 0 Å². The van der Waals surface area contributed by atoms with Gasteiger partial charge in [0, 0.05) is 8.35 Å². The predicted molar refractivity (Wildman–Crippen MR) is 60.8 cm³/mol. The Kier molecular flexibility index (Phi) is 7.19. The molecule has 0 fully saturated rings. The number of hydrogen-bond acceptors (Lipinski definition) is 0. The van der Waals surface area contributed by atoms with Gasteiger partial charge in [0.25, 0.3) is 0 Å². The Labute approximate surface area is 85.5 Å². The van der Waals surface area contributed by atoms with Gasteiger partial charge in [0.1, 0.15) is 0 Å². The van der Waals surface area contributed by atoms with Crippen molar-refractivity contribution in [1.29, 1.82) is 0 Å². The normalized spacial score (nSPS) is 14.3. The highest BCUT2D eigenvalue weighted by atomic mass is 127. The SMILES string of the molecule is CC(C)CC(I)CCI. The van der Waals surface area contributed by atoms with E-state index in [1.165, 1.54) is 17.3 Å². The number of halogens is 2. The lowest BCUT2D eigenvalue weighted by Crippen LogP contribution is -2.02. The quantitative estimate of drug-likeness (QED) is 0.535. The average molecular weight is 352 g/mol. The van der Waals surface area contributed by atoms with Crippen LogP contribution in [-0.2, 0) is 0 Å². The van der Waals surface area contributed by atoms with Gasteiger partial charge in [-0.15, -0.1) is 0 Å². The first-order valence-corrected chi connectivity index (χ1v) is 6.14. The van der Waals surface area contributed by atoms with Crippen molar-refractivity contribution < 1.29 is 0 Å². The maximum Gasteiger partial charge on any atom is 0.0119 e. The van der Waals surface area contributed by atoms with Gasteiger partial charge in [-0.1, -0.05) is 59.0 Å². The molecule has 0 rings (SSSR count). The van der Waals surface area contributed by atoms with Crippen molar-refractivity contribution in [3.05, 3.63) is 0 Å². The van der Waals surface area contributed by atoms with Crippen molar-refractivity contribution in [2.45, 2.75) is 30.6 Å². The summed E-state index contributed by atoms with van der Waals surface area (Å²) in [5, 5.41) is 0. The summed E-state index contributed by atoms with van der Waals surface area (Å²) >= 11 is 5.00. The average Bonchev–Trinajstić information content (AvgIpc) is 1.63.